The predicted molar refractivity (Wildman–Crippen MR) is 90.1 cm³/mol. The number of hydrogen-bond donors (Lipinski definition) is 2. The Labute approximate surface area is 133 Å². The van der Waals surface area contributed by atoms with Crippen molar-refractivity contribution in [2.24, 2.45) is 0 Å². The molecule has 0 unspecified atom stereocenters. The van der Waals surface area contributed by atoms with E-state index >= 15 is 0 Å². The molecule has 0 spiro atoms. The lowest BCUT2D eigenvalue weighted by Gasteiger charge is -2.17. The number of carbonyl (C=O) groups excluding carboxylic acids is 2. The molecule has 0 saturated heterocycles. The van der Waals surface area contributed by atoms with E-state index in [4.69, 9.17) is 0 Å². The highest BCUT2D eigenvalue weighted by molar-refractivity contribution is 6.07. The minimum atomic E-state index is -0.185. The smallest absolute Gasteiger partial charge is 0.252 e. The lowest BCUT2D eigenvalue weighted by molar-refractivity contribution is 0.0903. The third-order valence-electron chi connectivity index (χ3n) is 3.61. The first-order valence-corrected chi connectivity index (χ1v) is 8.20. The molecule has 0 bridgehead atoms. The van der Waals surface area contributed by atoms with Crippen LogP contribution in [0.4, 0.5) is 0 Å². The minimum absolute atomic E-state index is 0.104. The van der Waals surface area contributed by atoms with E-state index in [1.165, 1.54) is 0 Å². The lowest BCUT2D eigenvalue weighted by Crippen LogP contribution is -2.36. The predicted octanol–water partition coefficient (Wildman–Crippen LogP) is 3.52. The molecule has 0 radical (unpaired) electrons. The van der Waals surface area contributed by atoms with Crippen LogP contribution in [0.1, 0.15) is 74.1 Å². The van der Waals surface area contributed by atoms with Gasteiger partial charge in [-0.1, -0.05) is 38.8 Å². The van der Waals surface area contributed by atoms with E-state index in [1.54, 1.807) is 24.3 Å². The van der Waals surface area contributed by atoms with Crippen LogP contribution in [0.5, 0.6) is 0 Å². The van der Waals surface area contributed by atoms with E-state index in [-0.39, 0.29) is 23.9 Å². The Kier molecular flexibility index (Phi) is 7.64. The van der Waals surface area contributed by atoms with Crippen molar-refractivity contribution in [2.45, 2.75) is 65.5 Å². The molecule has 0 aromatic heterocycles. The Balaban J connectivity index is 2.84. The Bertz CT molecular complexity index is 455. The largest absolute Gasteiger partial charge is 0.350 e. The molecule has 1 rings (SSSR count). The topological polar surface area (TPSA) is 58.2 Å². The monoisotopic (exact) mass is 304 g/mol. The zero-order chi connectivity index (χ0) is 16.5. The second-order valence-electron chi connectivity index (χ2n) is 5.87. The Morgan fingerprint density at radius 1 is 0.864 bits per heavy atom. The molecule has 0 aliphatic heterocycles. The second kappa shape index (κ2) is 9.23. The molecule has 0 heterocycles. The van der Waals surface area contributed by atoms with Gasteiger partial charge in [0.2, 0.25) is 0 Å². The summed E-state index contributed by atoms with van der Waals surface area (Å²) in [5.41, 5.74) is 0.873. The number of rotatable bonds is 8. The molecule has 0 saturated carbocycles. The van der Waals surface area contributed by atoms with Crippen LogP contribution in [0.3, 0.4) is 0 Å². The quantitative estimate of drug-likeness (QED) is 0.772. The van der Waals surface area contributed by atoms with Crippen LogP contribution in [-0.4, -0.2) is 23.9 Å². The number of carbonyl (C=O) groups is 2. The number of nitrogens with one attached hydrogen (secondary N) is 2. The van der Waals surface area contributed by atoms with E-state index in [2.05, 4.69) is 24.5 Å². The summed E-state index contributed by atoms with van der Waals surface area (Å²) in [5.74, 6) is -0.371. The normalized spacial score (nSPS) is 13.3. The van der Waals surface area contributed by atoms with Crippen molar-refractivity contribution in [3.05, 3.63) is 35.4 Å². The zero-order valence-corrected chi connectivity index (χ0v) is 14.1. The van der Waals surface area contributed by atoms with Gasteiger partial charge in [0.05, 0.1) is 11.1 Å². The van der Waals surface area contributed by atoms with Gasteiger partial charge in [-0.2, -0.15) is 0 Å². The molecule has 1 aromatic rings. The number of amides is 2. The fraction of sp³-hybridized carbons (Fsp3) is 0.556. The van der Waals surface area contributed by atoms with Gasteiger partial charge >= 0.3 is 0 Å². The van der Waals surface area contributed by atoms with Gasteiger partial charge in [0.15, 0.2) is 0 Å². The molecule has 2 N–H and O–H groups in total. The molecule has 0 fully saturated rings. The molecule has 4 nitrogen and oxygen atoms in total. The van der Waals surface area contributed by atoms with Crippen LogP contribution in [0.25, 0.3) is 0 Å². The highest BCUT2D eigenvalue weighted by Gasteiger charge is 2.18. The summed E-state index contributed by atoms with van der Waals surface area (Å²) in [5, 5.41) is 5.90. The van der Waals surface area contributed by atoms with Crippen molar-refractivity contribution in [3.8, 4) is 0 Å². The maximum atomic E-state index is 12.4. The molecule has 0 aliphatic carbocycles. The van der Waals surface area contributed by atoms with Crippen LogP contribution in [0, 0.1) is 0 Å². The van der Waals surface area contributed by atoms with Crippen LogP contribution in [0.15, 0.2) is 24.3 Å². The number of hydrogen-bond acceptors (Lipinski definition) is 2. The minimum Gasteiger partial charge on any atom is -0.350 e. The molecule has 4 heteroatoms. The van der Waals surface area contributed by atoms with Gasteiger partial charge in [-0.05, 0) is 38.8 Å². The van der Waals surface area contributed by atoms with Crippen LogP contribution >= 0.6 is 0 Å². The third kappa shape index (κ3) is 5.51. The van der Waals surface area contributed by atoms with Crippen LogP contribution in [0.2, 0.25) is 0 Å². The van der Waals surface area contributed by atoms with Crippen molar-refractivity contribution in [1.29, 1.82) is 0 Å². The summed E-state index contributed by atoms with van der Waals surface area (Å²) in [7, 11) is 0. The third-order valence-corrected chi connectivity index (χ3v) is 3.61. The van der Waals surface area contributed by atoms with E-state index in [0.717, 1.165) is 25.7 Å². The van der Waals surface area contributed by atoms with Crippen molar-refractivity contribution in [3.63, 3.8) is 0 Å². The number of benzene rings is 1. The summed E-state index contributed by atoms with van der Waals surface area (Å²) < 4.78 is 0. The van der Waals surface area contributed by atoms with Gasteiger partial charge in [-0.3, -0.25) is 9.59 Å². The van der Waals surface area contributed by atoms with Crippen molar-refractivity contribution in [2.75, 3.05) is 0 Å². The summed E-state index contributed by atoms with van der Waals surface area (Å²) in [4.78, 5) is 24.8. The van der Waals surface area contributed by atoms with E-state index < -0.39 is 0 Å². The Morgan fingerprint density at radius 2 is 1.23 bits per heavy atom. The molecular formula is C18H28N2O2. The Morgan fingerprint density at radius 3 is 1.55 bits per heavy atom. The van der Waals surface area contributed by atoms with Gasteiger partial charge in [-0.15, -0.1) is 0 Å². The van der Waals surface area contributed by atoms with E-state index in [9.17, 15) is 9.59 Å². The van der Waals surface area contributed by atoms with Crippen molar-refractivity contribution >= 4 is 11.8 Å². The fourth-order valence-corrected chi connectivity index (χ4v) is 2.49. The molecular weight excluding hydrogens is 276 g/mol. The highest BCUT2D eigenvalue weighted by Crippen LogP contribution is 2.11. The van der Waals surface area contributed by atoms with E-state index in [1.807, 2.05) is 13.8 Å². The average Bonchev–Trinajstić information content (AvgIpc) is 2.47. The van der Waals surface area contributed by atoms with Gasteiger partial charge in [-0.25, -0.2) is 0 Å². The first-order chi connectivity index (χ1) is 10.5. The van der Waals surface area contributed by atoms with Gasteiger partial charge < -0.3 is 10.6 Å². The Hall–Kier alpha value is -1.84. The molecule has 22 heavy (non-hydrogen) atoms. The summed E-state index contributed by atoms with van der Waals surface area (Å²) in [6.07, 6.45) is 3.87. The molecule has 1 aromatic carbocycles. The van der Waals surface area contributed by atoms with Gasteiger partial charge in [0.1, 0.15) is 0 Å². The summed E-state index contributed by atoms with van der Waals surface area (Å²) in [6, 6.07) is 7.18. The van der Waals surface area contributed by atoms with E-state index in [0.29, 0.717) is 11.1 Å². The molecule has 0 aliphatic rings. The zero-order valence-electron chi connectivity index (χ0n) is 14.1. The molecule has 2 atom stereocenters. The summed E-state index contributed by atoms with van der Waals surface area (Å²) in [6.45, 7) is 8.12. The maximum Gasteiger partial charge on any atom is 0.252 e. The highest BCUT2D eigenvalue weighted by atomic mass is 16.2. The summed E-state index contributed by atoms with van der Waals surface area (Å²) >= 11 is 0. The van der Waals surface area contributed by atoms with Gasteiger partial charge in [0, 0.05) is 12.1 Å². The average molecular weight is 304 g/mol. The fourth-order valence-electron chi connectivity index (χ4n) is 2.49. The first-order valence-electron chi connectivity index (χ1n) is 8.20. The maximum absolute atomic E-state index is 12.4. The van der Waals surface area contributed by atoms with Crippen molar-refractivity contribution in [1.82, 2.24) is 10.6 Å². The van der Waals surface area contributed by atoms with Gasteiger partial charge in [0.25, 0.3) is 11.8 Å². The van der Waals surface area contributed by atoms with Crippen LogP contribution < -0.4 is 10.6 Å². The lowest BCUT2D eigenvalue weighted by atomic mass is 10.0. The standard InChI is InChI=1S/C18H28N2O2/c1-5-9-13(3)19-17(21)15-11-7-8-12-16(15)18(22)20-14(4)10-6-2/h7-8,11-14H,5-6,9-10H2,1-4H3,(H,19,21)(H,20,22)/t13-,14-/m1/s1. The first kappa shape index (κ1) is 18.2. The van der Waals surface area contributed by atoms with Crippen molar-refractivity contribution < 1.29 is 9.59 Å². The second-order valence-corrected chi connectivity index (χ2v) is 5.87. The molecule has 122 valence electrons. The molecule has 2 amide bonds. The SMILES string of the molecule is CCC[C@@H](C)NC(=O)c1ccccc1C(=O)N[C@H](C)CCC. The van der Waals surface area contributed by atoms with Crippen LogP contribution in [-0.2, 0) is 0 Å².